The minimum Gasteiger partial charge on any atom is -0.504 e. The zero-order chi connectivity index (χ0) is 24.1. The molecule has 176 valence electrons. The molecule has 0 amide bonds. The smallest absolute Gasteiger partial charge is 0.247 e. The van der Waals surface area contributed by atoms with Crippen LogP contribution in [-0.4, -0.2) is 55.6 Å². The van der Waals surface area contributed by atoms with Crippen LogP contribution in [-0.2, 0) is 25.2 Å². The predicted molar refractivity (Wildman–Crippen MR) is 125 cm³/mol. The van der Waals surface area contributed by atoms with Gasteiger partial charge in [-0.25, -0.2) is 12.7 Å². The van der Waals surface area contributed by atoms with Gasteiger partial charge in [-0.2, -0.15) is 0 Å². The molecule has 0 bridgehead atoms. The predicted octanol–water partition coefficient (Wildman–Crippen LogP) is 2.57. The van der Waals surface area contributed by atoms with Crippen molar-refractivity contribution < 1.29 is 23.1 Å². The topological polar surface area (TPSA) is 116 Å². The van der Waals surface area contributed by atoms with Crippen molar-refractivity contribution in [2.45, 2.75) is 48.7 Å². The number of anilines is 1. The van der Waals surface area contributed by atoms with Crippen LogP contribution in [0.4, 0.5) is 5.69 Å². The molecule has 0 spiro atoms. The Morgan fingerprint density at radius 3 is 2.18 bits per heavy atom. The Morgan fingerprint density at radius 2 is 1.64 bits per heavy atom. The molecule has 3 N–H and O–H groups in total. The Hall–Kier alpha value is -2.46. The fourth-order valence-electron chi connectivity index (χ4n) is 4.29. The van der Waals surface area contributed by atoms with Gasteiger partial charge in [0.15, 0.2) is 5.75 Å². The molecule has 33 heavy (non-hydrogen) atoms. The lowest BCUT2D eigenvalue weighted by Gasteiger charge is -2.49. The number of carbonyl (C=O) groups excluding carboxylic acids is 2. The van der Waals surface area contributed by atoms with Gasteiger partial charge in [-0.15, -0.1) is 0 Å². The number of aryl methyl sites for hydroxylation is 1. The van der Waals surface area contributed by atoms with Crippen LogP contribution in [0.5, 0.6) is 5.75 Å². The summed E-state index contributed by atoms with van der Waals surface area (Å²) in [6.07, 6.45) is 2.66. The monoisotopic (exact) mass is 491 g/mol. The van der Waals surface area contributed by atoms with E-state index in [2.05, 4.69) is 10.6 Å². The fourth-order valence-corrected chi connectivity index (χ4v) is 5.77. The average molecular weight is 492 g/mol. The van der Waals surface area contributed by atoms with Crippen molar-refractivity contribution >= 4 is 38.9 Å². The standard InChI is InChI=1S/C23H26ClN3O5S/c1-13-5-7-14(8-6-13)23(11-4-12-23)26-18-17(20(29)21(18)30)25-16-10-9-15(24)22(19(16)28)33(31,32)27(2)3/h5-10,17-18,25-26,28H,4,11-12H2,1-3H3. The maximum Gasteiger partial charge on any atom is 0.247 e. The highest BCUT2D eigenvalue weighted by Crippen LogP contribution is 2.43. The number of carbonyl (C=O) groups is 2. The third-order valence-electron chi connectivity index (χ3n) is 6.52. The highest BCUT2D eigenvalue weighted by molar-refractivity contribution is 7.89. The summed E-state index contributed by atoms with van der Waals surface area (Å²) in [6, 6.07) is 9.05. The normalized spacial score (nSPS) is 22.1. The number of Topliss-reactive ketones (excluding diaryl/α,β-unsaturated/α-hetero) is 2. The van der Waals surface area contributed by atoms with Crippen LogP contribution in [0.15, 0.2) is 41.3 Å². The lowest BCUT2D eigenvalue weighted by Crippen LogP contribution is -2.71. The highest BCUT2D eigenvalue weighted by Gasteiger charge is 2.54. The summed E-state index contributed by atoms with van der Waals surface area (Å²) in [7, 11) is -1.40. The van der Waals surface area contributed by atoms with Crippen LogP contribution in [0.3, 0.4) is 0 Å². The second kappa shape index (κ2) is 8.39. The molecule has 4 rings (SSSR count). The molecule has 8 nitrogen and oxygen atoms in total. The number of ketones is 2. The number of halogens is 1. The van der Waals surface area contributed by atoms with Crippen molar-refractivity contribution in [3.05, 3.63) is 52.5 Å². The second-order valence-electron chi connectivity index (χ2n) is 8.83. The van der Waals surface area contributed by atoms with Crippen LogP contribution < -0.4 is 10.6 Å². The number of hydrogen-bond donors (Lipinski definition) is 3. The van der Waals surface area contributed by atoms with Gasteiger partial charge in [0.25, 0.3) is 0 Å². The van der Waals surface area contributed by atoms with Crippen LogP contribution in [0.1, 0.15) is 30.4 Å². The van der Waals surface area contributed by atoms with Gasteiger partial charge >= 0.3 is 0 Å². The molecule has 2 aromatic carbocycles. The number of sulfonamides is 1. The number of phenols is 1. The van der Waals surface area contributed by atoms with Gasteiger partial charge in [0, 0.05) is 19.6 Å². The van der Waals surface area contributed by atoms with Gasteiger partial charge in [0.2, 0.25) is 21.6 Å². The molecule has 2 aliphatic carbocycles. The summed E-state index contributed by atoms with van der Waals surface area (Å²) in [6.45, 7) is 2.00. The first kappa shape index (κ1) is 23.7. The van der Waals surface area contributed by atoms with E-state index >= 15 is 0 Å². The van der Waals surface area contributed by atoms with E-state index in [1.165, 1.54) is 26.2 Å². The van der Waals surface area contributed by atoms with Crippen LogP contribution in [0, 0.1) is 6.92 Å². The van der Waals surface area contributed by atoms with Crippen molar-refractivity contribution in [2.75, 3.05) is 19.4 Å². The maximum absolute atomic E-state index is 12.6. The first-order valence-corrected chi connectivity index (χ1v) is 12.4. The largest absolute Gasteiger partial charge is 0.504 e. The number of benzene rings is 2. The van der Waals surface area contributed by atoms with Crippen molar-refractivity contribution in [3.63, 3.8) is 0 Å². The van der Waals surface area contributed by atoms with E-state index in [-0.39, 0.29) is 10.7 Å². The van der Waals surface area contributed by atoms with Crippen molar-refractivity contribution in [3.8, 4) is 5.75 Å². The Labute approximate surface area is 198 Å². The molecule has 2 aromatic rings. The molecule has 0 radical (unpaired) electrons. The number of phenolic OH excluding ortho intramolecular Hbond substituents is 1. The van der Waals surface area contributed by atoms with Crippen molar-refractivity contribution in [1.29, 1.82) is 0 Å². The van der Waals surface area contributed by atoms with Crippen molar-refractivity contribution in [1.82, 2.24) is 9.62 Å². The molecule has 0 saturated heterocycles. The first-order valence-electron chi connectivity index (χ1n) is 10.6. The molecule has 0 heterocycles. The van der Waals surface area contributed by atoms with E-state index in [0.717, 1.165) is 34.7 Å². The van der Waals surface area contributed by atoms with E-state index in [1.807, 2.05) is 31.2 Å². The minimum atomic E-state index is -4.04. The Morgan fingerprint density at radius 1 is 1.03 bits per heavy atom. The van der Waals surface area contributed by atoms with Crippen LogP contribution in [0.2, 0.25) is 5.02 Å². The van der Waals surface area contributed by atoms with E-state index in [9.17, 15) is 23.1 Å². The number of rotatable bonds is 7. The third-order valence-corrected chi connectivity index (χ3v) is 8.83. The summed E-state index contributed by atoms with van der Waals surface area (Å²) >= 11 is 6.06. The lowest BCUT2D eigenvalue weighted by atomic mass is 9.69. The zero-order valence-corrected chi connectivity index (χ0v) is 20.1. The van der Waals surface area contributed by atoms with E-state index in [1.54, 1.807) is 0 Å². The quantitative estimate of drug-likeness (QED) is 0.402. The maximum atomic E-state index is 12.6. The SMILES string of the molecule is Cc1ccc(C2(NC3C(=O)C(=O)C3Nc3ccc(Cl)c(S(=O)(=O)N(C)C)c3O)CCC2)cc1. The molecule has 2 unspecified atom stereocenters. The molecule has 0 aromatic heterocycles. The molecular formula is C23H26ClN3O5S. The molecular weight excluding hydrogens is 466 g/mol. The van der Waals surface area contributed by atoms with E-state index < -0.39 is 49.9 Å². The molecule has 10 heteroatoms. The molecule has 2 saturated carbocycles. The van der Waals surface area contributed by atoms with Gasteiger partial charge in [0.05, 0.1) is 10.7 Å². The Bertz CT molecular complexity index is 1220. The molecule has 2 aliphatic rings. The number of nitrogens with one attached hydrogen (secondary N) is 2. The van der Waals surface area contributed by atoms with Gasteiger partial charge in [-0.1, -0.05) is 41.4 Å². The van der Waals surface area contributed by atoms with E-state index in [4.69, 9.17) is 11.6 Å². The molecule has 2 fully saturated rings. The highest BCUT2D eigenvalue weighted by atomic mass is 35.5. The number of hydrogen-bond acceptors (Lipinski definition) is 7. The molecule has 2 atom stereocenters. The van der Waals surface area contributed by atoms with Gasteiger partial charge in [-0.3, -0.25) is 14.9 Å². The summed E-state index contributed by atoms with van der Waals surface area (Å²) in [5.74, 6) is -1.77. The van der Waals surface area contributed by atoms with Crippen LogP contribution in [0.25, 0.3) is 0 Å². The second-order valence-corrected chi connectivity index (χ2v) is 11.3. The lowest BCUT2D eigenvalue weighted by molar-refractivity contribution is -0.146. The third kappa shape index (κ3) is 3.93. The summed E-state index contributed by atoms with van der Waals surface area (Å²) in [4.78, 5) is 24.5. The first-order chi connectivity index (χ1) is 15.5. The summed E-state index contributed by atoms with van der Waals surface area (Å²) in [5, 5.41) is 16.8. The summed E-state index contributed by atoms with van der Waals surface area (Å²) in [5.41, 5.74) is 1.79. The van der Waals surface area contributed by atoms with Gasteiger partial charge in [0.1, 0.15) is 17.0 Å². The van der Waals surface area contributed by atoms with Gasteiger partial charge < -0.3 is 10.4 Å². The number of aromatic hydroxyl groups is 1. The van der Waals surface area contributed by atoms with Gasteiger partial charge in [-0.05, 0) is 43.9 Å². The Balaban J connectivity index is 1.62. The Kier molecular flexibility index (Phi) is 6.03. The number of nitrogens with zero attached hydrogens (tertiary/aromatic N) is 1. The zero-order valence-electron chi connectivity index (χ0n) is 18.6. The van der Waals surface area contributed by atoms with E-state index in [0.29, 0.717) is 0 Å². The fraction of sp³-hybridized carbons (Fsp3) is 0.391. The van der Waals surface area contributed by atoms with Crippen molar-refractivity contribution in [2.24, 2.45) is 0 Å². The molecule has 0 aliphatic heterocycles. The minimum absolute atomic E-state index is 0.00969. The summed E-state index contributed by atoms with van der Waals surface area (Å²) < 4.78 is 26.2. The average Bonchev–Trinajstić information content (AvgIpc) is 2.73. The van der Waals surface area contributed by atoms with Crippen LogP contribution >= 0.6 is 11.6 Å².